The van der Waals surface area contributed by atoms with Crippen molar-refractivity contribution >= 4 is 41.9 Å². The maximum atomic E-state index is 5.31. The summed E-state index contributed by atoms with van der Waals surface area (Å²) in [5, 5.41) is 0. The first-order valence-electron chi connectivity index (χ1n) is 9.37. The number of imidazole rings is 1. The van der Waals surface area contributed by atoms with E-state index in [0.29, 0.717) is 17.9 Å². The van der Waals surface area contributed by atoms with E-state index in [2.05, 4.69) is 51.1 Å². The van der Waals surface area contributed by atoms with Gasteiger partial charge in [-0.15, -0.1) is 24.8 Å². The SMILES string of the molecule is COc1ccc([C@@H]2[C@@H]3CN(c4ncc5c(ncn5C)n4)C[C@@H]3CN2C)cc1.Cl.Cl. The number of rotatable bonds is 3. The molecule has 2 aromatic heterocycles. The summed E-state index contributed by atoms with van der Waals surface area (Å²) in [6.45, 7) is 3.08. The fourth-order valence-electron chi connectivity index (χ4n) is 4.78. The molecule has 0 N–H and O–H groups in total. The van der Waals surface area contributed by atoms with Gasteiger partial charge in [-0.05, 0) is 30.7 Å². The number of aryl methyl sites for hydroxylation is 1. The van der Waals surface area contributed by atoms with Crippen LogP contribution in [-0.2, 0) is 7.05 Å². The number of hydrogen-bond acceptors (Lipinski definition) is 6. The van der Waals surface area contributed by atoms with E-state index in [1.54, 1.807) is 13.4 Å². The lowest BCUT2D eigenvalue weighted by Crippen LogP contribution is -2.30. The third-order valence-corrected chi connectivity index (χ3v) is 6.11. The molecule has 3 aromatic rings. The van der Waals surface area contributed by atoms with Crippen molar-refractivity contribution in [1.82, 2.24) is 24.4 Å². The lowest BCUT2D eigenvalue weighted by atomic mass is 9.89. The number of hydrogen-bond donors (Lipinski definition) is 0. The van der Waals surface area contributed by atoms with Crippen molar-refractivity contribution in [1.29, 1.82) is 0 Å². The summed E-state index contributed by atoms with van der Waals surface area (Å²) < 4.78 is 7.26. The molecule has 0 amide bonds. The minimum atomic E-state index is 0. The fraction of sp³-hybridized carbons (Fsp3) is 0.450. The zero-order valence-electron chi connectivity index (χ0n) is 16.7. The Morgan fingerprint density at radius 1 is 1.00 bits per heavy atom. The summed E-state index contributed by atoms with van der Waals surface area (Å²) in [6.07, 6.45) is 3.67. The van der Waals surface area contributed by atoms with Gasteiger partial charge in [-0.2, -0.15) is 4.98 Å². The molecule has 156 valence electrons. The van der Waals surface area contributed by atoms with Crippen LogP contribution in [0.5, 0.6) is 5.75 Å². The van der Waals surface area contributed by atoms with E-state index < -0.39 is 0 Å². The Morgan fingerprint density at radius 3 is 2.48 bits per heavy atom. The molecule has 2 fully saturated rings. The molecule has 0 aliphatic carbocycles. The maximum absolute atomic E-state index is 5.31. The number of anilines is 1. The third kappa shape index (κ3) is 3.63. The molecule has 0 radical (unpaired) electrons. The van der Waals surface area contributed by atoms with Gasteiger partial charge in [-0.25, -0.2) is 9.97 Å². The minimum absolute atomic E-state index is 0. The summed E-state index contributed by atoms with van der Waals surface area (Å²) in [6, 6.07) is 8.93. The highest BCUT2D eigenvalue weighted by Gasteiger charge is 2.46. The Balaban J connectivity index is 0.00000120. The zero-order chi connectivity index (χ0) is 18.5. The Labute approximate surface area is 182 Å². The number of halogens is 2. The largest absolute Gasteiger partial charge is 0.497 e. The summed E-state index contributed by atoms with van der Waals surface area (Å²) >= 11 is 0. The molecule has 0 unspecified atom stereocenters. The van der Waals surface area contributed by atoms with Crippen LogP contribution < -0.4 is 9.64 Å². The molecule has 4 heterocycles. The van der Waals surface area contributed by atoms with Crippen LogP contribution in [0, 0.1) is 11.8 Å². The second kappa shape index (κ2) is 8.34. The zero-order valence-corrected chi connectivity index (χ0v) is 18.4. The molecule has 29 heavy (non-hydrogen) atoms. The topological polar surface area (TPSA) is 59.3 Å². The van der Waals surface area contributed by atoms with Gasteiger partial charge in [-0.1, -0.05) is 12.1 Å². The summed E-state index contributed by atoms with van der Waals surface area (Å²) in [7, 11) is 5.90. The molecular formula is C20H26Cl2N6O. The van der Waals surface area contributed by atoms with E-state index in [4.69, 9.17) is 9.72 Å². The number of fused-ring (bicyclic) bond motifs is 2. The summed E-state index contributed by atoms with van der Waals surface area (Å²) in [5.41, 5.74) is 3.09. The van der Waals surface area contributed by atoms with Crippen LogP contribution in [0.15, 0.2) is 36.8 Å². The average molecular weight is 437 g/mol. The number of benzene rings is 1. The summed E-state index contributed by atoms with van der Waals surface area (Å²) in [5.74, 6) is 2.91. The second-order valence-corrected chi connectivity index (χ2v) is 7.72. The fourth-order valence-corrected chi connectivity index (χ4v) is 4.78. The van der Waals surface area contributed by atoms with Crippen molar-refractivity contribution < 1.29 is 4.74 Å². The smallest absolute Gasteiger partial charge is 0.227 e. The molecule has 0 bridgehead atoms. The highest BCUT2D eigenvalue weighted by atomic mass is 35.5. The number of aromatic nitrogens is 4. The standard InChI is InChI=1S/C20H24N6O.2ClH/c1-24-9-14-10-26(20-21-8-17-19(23-20)22-12-25(17)2)11-16(14)18(24)13-4-6-15(27-3)7-5-13;;/h4-8,12,14,16,18H,9-11H2,1-3H3;2*1H/t14-,16+,18+;;/m0../s1. The van der Waals surface area contributed by atoms with E-state index in [1.165, 1.54) is 5.56 Å². The van der Waals surface area contributed by atoms with Crippen LogP contribution in [0.3, 0.4) is 0 Å². The lowest BCUT2D eigenvalue weighted by molar-refractivity contribution is 0.279. The van der Waals surface area contributed by atoms with E-state index in [1.807, 2.05) is 17.8 Å². The van der Waals surface area contributed by atoms with Crippen LogP contribution >= 0.6 is 24.8 Å². The van der Waals surface area contributed by atoms with E-state index in [9.17, 15) is 0 Å². The predicted molar refractivity (Wildman–Crippen MR) is 118 cm³/mol. The van der Waals surface area contributed by atoms with Gasteiger partial charge >= 0.3 is 0 Å². The van der Waals surface area contributed by atoms with Gasteiger partial charge < -0.3 is 14.2 Å². The van der Waals surface area contributed by atoms with Gasteiger partial charge in [-0.3, -0.25) is 4.90 Å². The summed E-state index contributed by atoms with van der Waals surface area (Å²) in [4.78, 5) is 18.5. The first kappa shape index (κ1) is 21.6. The van der Waals surface area contributed by atoms with Gasteiger partial charge in [0.1, 0.15) is 11.3 Å². The Kier molecular flexibility index (Phi) is 6.22. The van der Waals surface area contributed by atoms with Crippen molar-refractivity contribution in [2.24, 2.45) is 18.9 Å². The van der Waals surface area contributed by atoms with Crippen LogP contribution in [0.1, 0.15) is 11.6 Å². The van der Waals surface area contributed by atoms with Crippen molar-refractivity contribution in [3.63, 3.8) is 0 Å². The Bertz CT molecular complexity index is 979. The number of nitrogens with zero attached hydrogens (tertiary/aromatic N) is 6. The minimum Gasteiger partial charge on any atom is -0.497 e. The average Bonchev–Trinajstić information content (AvgIpc) is 3.34. The second-order valence-electron chi connectivity index (χ2n) is 7.72. The van der Waals surface area contributed by atoms with E-state index >= 15 is 0 Å². The normalized spacial score (nSPS) is 23.6. The molecule has 9 heteroatoms. The van der Waals surface area contributed by atoms with Gasteiger partial charge in [0.25, 0.3) is 0 Å². The molecule has 1 aromatic carbocycles. The van der Waals surface area contributed by atoms with Gasteiger partial charge in [0.05, 0.1) is 19.6 Å². The van der Waals surface area contributed by atoms with Crippen molar-refractivity contribution in [2.45, 2.75) is 6.04 Å². The monoisotopic (exact) mass is 436 g/mol. The number of methoxy groups -OCH3 is 1. The van der Waals surface area contributed by atoms with Crippen LogP contribution in [0.25, 0.3) is 11.2 Å². The van der Waals surface area contributed by atoms with Crippen LogP contribution in [0.4, 0.5) is 5.95 Å². The Morgan fingerprint density at radius 2 is 1.76 bits per heavy atom. The molecular weight excluding hydrogens is 411 g/mol. The molecule has 5 rings (SSSR count). The van der Waals surface area contributed by atoms with E-state index in [-0.39, 0.29) is 24.8 Å². The highest BCUT2D eigenvalue weighted by Crippen LogP contribution is 2.44. The quantitative estimate of drug-likeness (QED) is 0.628. The Hall–Kier alpha value is -2.09. The molecule has 3 atom stereocenters. The van der Waals surface area contributed by atoms with Gasteiger partial charge in [0.15, 0.2) is 5.65 Å². The molecule has 2 aliphatic heterocycles. The molecule has 2 aliphatic rings. The van der Waals surface area contributed by atoms with Crippen LogP contribution in [0.2, 0.25) is 0 Å². The predicted octanol–water partition coefficient (Wildman–Crippen LogP) is 2.95. The first-order valence-corrected chi connectivity index (χ1v) is 9.37. The van der Waals surface area contributed by atoms with Gasteiger partial charge in [0.2, 0.25) is 5.95 Å². The molecule has 2 saturated heterocycles. The molecule has 0 spiro atoms. The highest BCUT2D eigenvalue weighted by molar-refractivity contribution is 5.85. The maximum Gasteiger partial charge on any atom is 0.227 e. The number of ether oxygens (including phenoxy) is 1. The van der Waals surface area contributed by atoms with E-state index in [0.717, 1.165) is 42.5 Å². The van der Waals surface area contributed by atoms with Crippen molar-refractivity contribution in [3.05, 3.63) is 42.4 Å². The first-order chi connectivity index (χ1) is 13.1. The van der Waals surface area contributed by atoms with Crippen LogP contribution in [-0.4, -0.2) is 58.2 Å². The van der Waals surface area contributed by atoms with Crippen molar-refractivity contribution in [3.8, 4) is 5.75 Å². The molecule has 0 saturated carbocycles. The third-order valence-electron chi connectivity index (χ3n) is 6.11. The number of likely N-dealkylation sites (tertiary alicyclic amines) is 1. The van der Waals surface area contributed by atoms with Gasteiger partial charge in [0, 0.05) is 38.6 Å². The lowest BCUT2D eigenvalue weighted by Gasteiger charge is -2.27. The van der Waals surface area contributed by atoms with Crippen molar-refractivity contribution in [2.75, 3.05) is 38.7 Å². The molecule has 7 nitrogen and oxygen atoms in total.